The van der Waals surface area contributed by atoms with Crippen molar-refractivity contribution < 1.29 is 19.0 Å². The Morgan fingerprint density at radius 3 is 2.27 bits per heavy atom. The zero-order valence-corrected chi connectivity index (χ0v) is 15.3. The predicted molar refractivity (Wildman–Crippen MR) is 100 cm³/mol. The van der Waals surface area contributed by atoms with Crippen LogP contribution in [0.25, 0.3) is 6.08 Å². The average Bonchev–Trinajstić information content (AvgIpc) is 3.01. The highest BCUT2D eigenvalue weighted by Gasteiger charge is 2.23. The first kappa shape index (κ1) is 17.8. The third kappa shape index (κ3) is 3.36. The van der Waals surface area contributed by atoms with Crippen LogP contribution in [0.5, 0.6) is 17.2 Å². The topological polar surface area (TPSA) is 69.2 Å². The van der Waals surface area contributed by atoms with Crippen molar-refractivity contribution in [3.8, 4) is 17.2 Å². The van der Waals surface area contributed by atoms with E-state index in [9.17, 15) is 4.79 Å². The number of halogens is 1. The molecule has 1 N–H and O–H groups in total. The van der Waals surface area contributed by atoms with Crippen molar-refractivity contribution >= 4 is 29.4 Å². The molecular weight excluding hydrogens is 356 g/mol. The van der Waals surface area contributed by atoms with Gasteiger partial charge in [-0.1, -0.05) is 23.7 Å². The Morgan fingerprint density at radius 1 is 1.04 bits per heavy atom. The number of nitrogens with one attached hydrogen (secondary N) is 1. The van der Waals surface area contributed by atoms with Crippen LogP contribution in [0.3, 0.4) is 0 Å². The highest BCUT2D eigenvalue weighted by atomic mass is 35.5. The lowest BCUT2D eigenvalue weighted by atomic mass is 10.1. The van der Waals surface area contributed by atoms with Crippen LogP contribution in [0, 0.1) is 0 Å². The minimum Gasteiger partial charge on any atom is -0.493 e. The molecule has 0 bridgehead atoms. The molecule has 1 aliphatic heterocycles. The maximum Gasteiger partial charge on any atom is 0.275 e. The van der Waals surface area contributed by atoms with Crippen molar-refractivity contribution in [1.82, 2.24) is 5.32 Å². The zero-order valence-electron chi connectivity index (χ0n) is 14.5. The van der Waals surface area contributed by atoms with Crippen LogP contribution in [0.1, 0.15) is 11.1 Å². The van der Waals surface area contributed by atoms with Crippen molar-refractivity contribution in [3.05, 3.63) is 58.2 Å². The van der Waals surface area contributed by atoms with E-state index in [4.69, 9.17) is 25.8 Å². The molecule has 1 heterocycles. The number of amides is 1. The fourth-order valence-electron chi connectivity index (χ4n) is 2.59. The lowest BCUT2D eigenvalue weighted by molar-refractivity contribution is -0.115. The molecule has 134 valence electrons. The number of nitrogens with zero attached hydrogens (tertiary/aromatic N) is 1. The summed E-state index contributed by atoms with van der Waals surface area (Å²) < 4.78 is 16.0. The van der Waals surface area contributed by atoms with Gasteiger partial charge in [-0.15, -0.1) is 0 Å². The van der Waals surface area contributed by atoms with Crippen LogP contribution in [-0.4, -0.2) is 33.1 Å². The largest absolute Gasteiger partial charge is 0.493 e. The molecule has 6 nitrogen and oxygen atoms in total. The van der Waals surface area contributed by atoms with Gasteiger partial charge in [0.05, 0.1) is 26.4 Å². The number of hydrogen-bond donors (Lipinski definition) is 1. The van der Waals surface area contributed by atoms with Gasteiger partial charge in [-0.05, 0) is 35.9 Å². The first-order chi connectivity index (χ1) is 12.6. The number of hydrogen-bond acceptors (Lipinski definition) is 5. The first-order valence-electron chi connectivity index (χ1n) is 7.74. The third-order valence-electron chi connectivity index (χ3n) is 3.82. The van der Waals surface area contributed by atoms with E-state index in [1.807, 2.05) is 12.1 Å². The van der Waals surface area contributed by atoms with E-state index in [-0.39, 0.29) is 11.6 Å². The molecule has 3 rings (SSSR count). The summed E-state index contributed by atoms with van der Waals surface area (Å²) in [7, 11) is 4.59. The fraction of sp³-hybridized carbons (Fsp3) is 0.158. The van der Waals surface area contributed by atoms with Gasteiger partial charge in [-0.3, -0.25) is 4.79 Å². The van der Waals surface area contributed by atoms with Crippen molar-refractivity contribution in [3.63, 3.8) is 0 Å². The lowest BCUT2D eigenvalue weighted by Crippen LogP contribution is -2.24. The monoisotopic (exact) mass is 372 g/mol. The van der Waals surface area contributed by atoms with Gasteiger partial charge in [-0.25, -0.2) is 4.99 Å². The van der Waals surface area contributed by atoms with E-state index in [0.29, 0.717) is 39.2 Å². The predicted octanol–water partition coefficient (Wildman–Crippen LogP) is 3.28. The summed E-state index contributed by atoms with van der Waals surface area (Å²) in [5, 5.41) is 3.25. The highest BCUT2D eigenvalue weighted by Crippen LogP contribution is 2.38. The molecule has 0 radical (unpaired) electrons. The standard InChI is InChI=1S/C19H17ClN2O4/c1-24-15-9-11(10-16(25-2)17(15)26-3)8-14-19(23)22-18(21-14)12-6-4-5-7-13(12)20/h4-10H,1-3H3,(H,21,22,23)/b14-8-. The van der Waals surface area contributed by atoms with E-state index in [2.05, 4.69) is 10.3 Å². The SMILES string of the molecule is COc1cc(/C=C2\N=C(c3ccccc3Cl)NC2=O)cc(OC)c1OC. The van der Waals surface area contributed by atoms with Crippen LogP contribution < -0.4 is 19.5 Å². The van der Waals surface area contributed by atoms with Gasteiger partial charge in [0.2, 0.25) is 5.75 Å². The van der Waals surface area contributed by atoms with Gasteiger partial charge < -0.3 is 19.5 Å². The molecule has 0 saturated heterocycles. The van der Waals surface area contributed by atoms with Crippen molar-refractivity contribution in [2.45, 2.75) is 0 Å². The number of aliphatic imine (C=N–C) groups is 1. The van der Waals surface area contributed by atoms with Crippen molar-refractivity contribution in [1.29, 1.82) is 0 Å². The van der Waals surface area contributed by atoms with Crippen molar-refractivity contribution in [2.24, 2.45) is 4.99 Å². The third-order valence-corrected chi connectivity index (χ3v) is 4.15. The molecule has 2 aromatic rings. The smallest absolute Gasteiger partial charge is 0.275 e. The van der Waals surface area contributed by atoms with E-state index in [1.54, 1.807) is 30.3 Å². The maximum atomic E-state index is 12.3. The Labute approximate surface area is 156 Å². The van der Waals surface area contributed by atoms with Gasteiger partial charge in [0, 0.05) is 5.56 Å². The van der Waals surface area contributed by atoms with Crippen LogP contribution >= 0.6 is 11.6 Å². The molecule has 0 atom stereocenters. The molecule has 0 spiro atoms. The van der Waals surface area contributed by atoms with Crippen LogP contribution in [0.4, 0.5) is 0 Å². The lowest BCUT2D eigenvalue weighted by Gasteiger charge is -2.12. The van der Waals surface area contributed by atoms with Gasteiger partial charge in [0.15, 0.2) is 11.5 Å². The Bertz CT molecular complexity index is 897. The van der Waals surface area contributed by atoms with Gasteiger partial charge in [0.25, 0.3) is 5.91 Å². The first-order valence-corrected chi connectivity index (χ1v) is 8.11. The number of methoxy groups -OCH3 is 3. The Kier molecular flexibility index (Phi) is 5.14. The van der Waals surface area contributed by atoms with Crippen LogP contribution in [0.2, 0.25) is 5.02 Å². The molecule has 7 heteroatoms. The number of amidine groups is 1. The Morgan fingerprint density at radius 2 is 1.69 bits per heavy atom. The molecule has 0 aliphatic carbocycles. The molecule has 2 aromatic carbocycles. The summed E-state index contributed by atoms with van der Waals surface area (Å²) in [6.45, 7) is 0. The number of rotatable bonds is 5. The summed E-state index contributed by atoms with van der Waals surface area (Å²) in [6.07, 6.45) is 1.64. The minimum atomic E-state index is -0.311. The summed E-state index contributed by atoms with van der Waals surface area (Å²) in [5.74, 6) is 1.57. The summed E-state index contributed by atoms with van der Waals surface area (Å²) in [6, 6.07) is 10.7. The normalized spacial score (nSPS) is 14.8. The van der Waals surface area contributed by atoms with Gasteiger partial charge >= 0.3 is 0 Å². The van der Waals surface area contributed by atoms with Gasteiger partial charge in [0.1, 0.15) is 11.5 Å². The molecule has 0 saturated carbocycles. The second-order valence-electron chi connectivity index (χ2n) is 5.38. The summed E-state index contributed by atoms with van der Waals surface area (Å²) in [5.41, 5.74) is 1.61. The molecule has 0 fully saturated rings. The van der Waals surface area contributed by atoms with Crippen molar-refractivity contribution in [2.75, 3.05) is 21.3 Å². The molecule has 26 heavy (non-hydrogen) atoms. The van der Waals surface area contributed by atoms with E-state index < -0.39 is 0 Å². The van der Waals surface area contributed by atoms with E-state index in [1.165, 1.54) is 21.3 Å². The minimum absolute atomic E-state index is 0.259. The second kappa shape index (κ2) is 7.49. The molecular formula is C19H17ClN2O4. The number of benzene rings is 2. The van der Waals surface area contributed by atoms with Gasteiger partial charge in [-0.2, -0.15) is 0 Å². The quantitative estimate of drug-likeness (QED) is 0.818. The Hall–Kier alpha value is -2.99. The highest BCUT2D eigenvalue weighted by molar-refractivity contribution is 6.35. The van der Waals surface area contributed by atoms with Crippen LogP contribution in [-0.2, 0) is 4.79 Å². The molecule has 1 amide bonds. The average molecular weight is 373 g/mol. The maximum absolute atomic E-state index is 12.3. The second-order valence-corrected chi connectivity index (χ2v) is 5.79. The number of ether oxygens (including phenoxy) is 3. The fourth-order valence-corrected chi connectivity index (χ4v) is 2.82. The Balaban J connectivity index is 2.02. The van der Waals surface area contributed by atoms with E-state index in [0.717, 1.165) is 0 Å². The summed E-state index contributed by atoms with van der Waals surface area (Å²) in [4.78, 5) is 16.7. The number of carbonyl (C=O) groups is 1. The zero-order chi connectivity index (χ0) is 18.7. The van der Waals surface area contributed by atoms with Crippen LogP contribution in [0.15, 0.2) is 47.1 Å². The number of carbonyl (C=O) groups excluding carboxylic acids is 1. The van der Waals surface area contributed by atoms with E-state index >= 15 is 0 Å². The molecule has 1 aliphatic rings. The molecule has 0 unspecified atom stereocenters. The summed E-state index contributed by atoms with van der Waals surface area (Å²) >= 11 is 6.17. The molecule has 0 aromatic heterocycles.